The van der Waals surface area contributed by atoms with Crippen LogP contribution in [0.1, 0.15) is 31.2 Å². The molecular formula is C27H38ClF3N6S. The third-order valence-electron chi connectivity index (χ3n) is 7.83. The Morgan fingerprint density at radius 3 is 2.37 bits per heavy atom. The van der Waals surface area contributed by atoms with Gasteiger partial charge in [0.1, 0.15) is 0 Å². The fourth-order valence-corrected chi connectivity index (χ4v) is 6.69. The molecule has 0 bridgehead atoms. The minimum Gasteiger partial charge on any atom is -0.380 e. The minimum atomic E-state index is -4.41. The molecule has 0 saturated carbocycles. The molecule has 0 spiro atoms. The molecule has 2 aromatic carbocycles. The largest absolute Gasteiger partial charge is 0.416 e. The summed E-state index contributed by atoms with van der Waals surface area (Å²) >= 11 is 1.42. The molecule has 3 aliphatic rings. The zero-order valence-corrected chi connectivity index (χ0v) is 23.6. The summed E-state index contributed by atoms with van der Waals surface area (Å²) in [4.78, 5) is 8.54. The molecule has 2 saturated heterocycles. The number of benzene rings is 2. The first-order valence-corrected chi connectivity index (χ1v) is 14.0. The fourth-order valence-electron chi connectivity index (χ4n) is 5.59. The van der Waals surface area contributed by atoms with Crippen molar-refractivity contribution >= 4 is 46.9 Å². The second-order valence-corrected chi connectivity index (χ2v) is 11.6. The summed E-state index contributed by atoms with van der Waals surface area (Å²) in [5, 5.41) is 6.90. The second kappa shape index (κ2) is 12.1. The number of alkyl halides is 3. The summed E-state index contributed by atoms with van der Waals surface area (Å²) < 4.78 is 41.6. The van der Waals surface area contributed by atoms with Crippen LogP contribution in [0.5, 0.6) is 0 Å². The van der Waals surface area contributed by atoms with Crippen LogP contribution in [0.25, 0.3) is 0 Å². The van der Waals surface area contributed by atoms with Crippen molar-refractivity contribution in [2.24, 2.45) is 5.73 Å². The van der Waals surface area contributed by atoms with Crippen LogP contribution in [0.4, 0.5) is 35.9 Å². The number of nitrogens with zero attached hydrogens (tertiary/aromatic N) is 3. The summed E-state index contributed by atoms with van der Waals surface area (Å²) in [5.41, 5.74) is 8.38. The molecule has 0 aromatic heterocycles. The van der Waals surface area contributed by atoms with E-state index in [9.17, 15) is 13.2 Å². The molecule has 0 atom stereocenters. The Bertz CT molecular complexity index is 1100. The number of hydrogen-bond acceptors (Lipinski definition) is 7. The zero-order chi connectivity index (χ0) is 26.2. The predicted molar refractivity (Wildman–Crippen MR) is 154 cm³/mol. The van der Waals surface area contributed by atoms with Crippen molar-refractivity contribution in [2.45, 2.75) is 53.7 Å². The van der Waals surface area contributed by atoms with E-state index in [4.69, 9.17) is 5.73 Å². The molecule has 3 aliphatic heterocycles. The first kappa shape index (κ1) is 29.1. The van der Waals surface area contributed by atoms with Gasteiger partial charge in [-0.15, -0.1) is 12.4 Å². The summed E-state index contributed by atoms with van der Waals surface area (Å²) in [7, 11) is 4.25. The lowest BCUT2D eigenvalue weighted by molar-refractivity contribution is -0.137. The Labute approximate surface area is 233 Å². The highest BCUT2D eigenvalue weighted by atomic mass is 35.5. The first-order chi connectivity index (χ1) is 17.7. The van der Waals surface area contributed by atoms with Crippen molar-refractivity contribution in [1.82, 2.24) is 9.80 Å². The Morgan fingerprint density at radius 2 is 1.74 bits per heavy atom. The smallest absolute Gasteiger partial charge is 0.380 e. The molecule has 0 radical (unpaired) electrons. The Kier molecular flexibility index (Phi) is 9.30. The Balaban J connectivity index is 0.00000336. The zero-order valence-electron chi connectivity index (χ0n) is 22.0. The lowest BCUT2D eigenvalue weighted by Gasteiger charge is -2.37. The molecule has 3 heterocycles. The molecule has 0 aliphatic carbocycles. The average molecular weight is 571 g/mol. The van der Waals surface area contributed by atoms with E-state index in [1.165, 1.54) is 23.9 Å². The molecule has 6 nitrogen and oxygen atoms in total. The Morgan fingerprint density at radius 1 is 1.03 bits per heavy atom. The van der Waals surface area contributed by atoms with Gasteiger partial charge in [0.2, 0.25) is 0 Å². The van der Waals surface area contributed by atoms with E-state index in [2.05, 4.69) is 57.6 Å². The maximum atomic E-state index is 13.9. The number of fused-ring (bicyclic) bond motifs is 2. The van der Waals surface area contributed by atoms with E-state index in [1.54, 1.807) is 0 Å². The molecule has 5 rings (SSSR count). The van der Waals surface area contributed by atoms with Crippen molar-refractivity contribution in [1.29, 1.82) is 0 Å². The SMILES string of the molecule is CN(C)C1CCN(c2ccc3c(c2)Sc2cc(C(F)(F)F)cc(NC4CCN(CCN)CC4)c2N3)CC1.Cl. The van der Waals surface area contributed by atoms with E-state index in [-0.39, 0.29) is 18.4 Å². The van der Waals surface area contributed by atoms with Crippen LogP contribution in [0.2, 0.25) is 0 Å². The number of nitrogens with two attached hydrogens (primary N) is 1. The summed E-state index contributed by atoms with van der Waals surface area (Å²) in [6.07, 6.45) is -0.443. The van der Waals surface area contributed by atoms with Gasteiger partial charge in [-0.1, -0.05) is 11.8 Å². The molecule has 38 heavy (non-hydrogen) atoms. The summed E-state index contributed by atoms with van der Waals surface area (Å²) in [6.45, 7) is 5.23. The van der Waals surface area contributed by atoms with Gasteiger partial charge in [0.25, 0.3) is 0 Å². The van der Waals surface area contributed by atoms with Crippen LogP contribution in [0.3, 0.4) is 0 Å². The standard InChI is InChI=1S/C27H37F3N6S.ClH/c1-34(2)20-7-12-36(13-8-20)21-3-4-22-24(17-21)37-25-16-18(27(28,29)30)15-23(26(25)33-22)32-19-5-10-35(11-6-19)14-9-31;/h3-4,15-17,19-20,32-33H,5-14,31H2,1-2H3;1H. The summed E-state index contributed by atoms with van der Waals surface area (Å²) in [6, 6.07) is 9.56. The van der Waals surface area contributed by atoms with Crippen LogP contribution in [0, 0.1) is 0 Å². The van der Waals surface area contributed by atoms with E-state index >= 15 is 0 Å². The minimum absolute atomic E-state index is 0. The van der Waals surface area contributed by atoms with Gasteiger partial charge in [-0.3, -0.25) is 0 Å². The van der Waals surface area contributed by atoms with Gasteiger partial charge in [0.15, 0.2) is 0 Å². The molecule has 0 amide bonds. The summed E-state index contributed by atoms with van der Waals surface area (Å²) in [5.74, 6) is 0. The van der Waals surface area contributed by atoms with Gasteiger partial charge in [-0.2, -0.15) is 13.2 Å². The maximum Gasteiger partial charge on any atom is 0.416 e. The van der Waals surface area contributed by atoms with Crippen LogP contribution in [0.15, 0.2) is 40.1 Å². The van der Waals surface area contributed by atoms with Crippen LogP contribution < -0.4 is 21.3 Å². The third kappa shape index (κ3) is 6.47. The van der Waals surface area contributed by atoms with Crippen molar-refractivity contribution in [3.05, 3.63) is 35.9 Å². The molecule has 2 aromatic rings. The number of rotatable bonds is 6. The molecular weight excluding hydrogens is 533 g/mol. The third-order valence-corrected chi connectivity index (χ3v) is 8.93. The number of nitrogens with one attached hydrogen (secondary N) is 2. The topological polar surface area (TPSA) is 59.8 Å². The first-order valence-electron chi connectivity index (χ1n) is 13.2. The number of hydrogen-bond donors (Lipinski definition) is 3. The predicted octanol–water partition coefficient (Wildman–Crippen LogP) is 5.70. The van der Waals surface area contributed by atoms with E-state index in [0.29, 0.717) is 23.2 Å². The normalized spacial score (nSPS) is 19.0. The maximum absolute atomic E-state index is 13.9. The van der Waals surface area contributed by atoms with Crippen molar-refractivity contribution < 1.29 is 13.2 Å². The van der Waals surface area contributed by atoms with Gasteiger partial charge in [0, 0.05) is 66.8 Å². The van der Waals surface area contributed by atoms with Gasteiger partial charge < -0.3 is 31.1 Å². The van der Waals surface area contributed by atoms with E-state index in [1.807, 2.05) is 0 Å². The quantitative estimate of drug-likeness (QED) is 0.351. The highest BCUT2D eigenvalue weighted by Crippen LogP contribution is 2.50. The van der Waals surface area contributed by atoms with Gasteiger partial charge >= 0.3 is 6.18 Å². The van der Waals surface area contributed by atoms with Gasteiger partial charge in [0.05, 0.1) is 22.6 Å². The van der Waals surface area contributed by atoms with Gasteiger partial charge in [-0.05, 0) is 70.1 Å². The van der Waals surface area contributed by atoms with Crippen molar-refractivity contribution in [3.8, 4) is 0 Å². The highest BCUT2D eigenvalue weighted by Gasteiger charge is 2.34. The lowest BCUT2D eigenvalue weighted by Crippen LogP contribution is -2.42. The number of anilines is 4. The van der Waals surface area contributed by atoms with Gasteiger partial charge in [-0.25, -0.2) is 0 Å². The van der Waals surface area contributed by atoms with Crippen LogP contribution in [-0.4, -0.2) is 75.2 Å². The molecule has 210 valence electrons. The molecule has 11 heteroatoms. The highest BCUT2D eigenvalue weighted by molar-refractivity contribution is 7.99. The van der Waals surface area contributed by atoms with Crippen LogP contribution in [-0.2, 0) is 6.18 Å². The Hall–Kier alpha value is -1.85. The van der Waals surface area contributed by atoms with Crippen molar-refractivity contribution in [2.75, 3.05) is 68.9 Å². The molecule has 2 fully saturated rings. The second-order valence-electron chi connectivity index (χ2n) is 10.5. The van der Waals surface area contributed by atoms with Crippen molar-refractivity contribution in [3.63, 3.8) is 0 Å². The molecule has 4 N–H and O–H groups in total. The molecule has 0 unspecified atom stereocenters. The van der Waals surface area contributed by atoms with E-state index < -0.39 is 11.7 Å². The number of halogens is 4. The number of piperidine rings is 2. The van der Waals surface area contributed by atoms with Crippen LogP contribution >= 0.6 is 24.2 Å². The fraction of sp³-hybridized carbons (Fsp3) is 0.556. The number of likely N-dealkylation sites (tertiary alicyclic amines) is 1. The monoisotopic (exact) mass is 570 g/mol. The average Bonchev–Trinajstić information content (AvgIpc) is 2.88. The lowest BCUT2D eigenvalue weighted by atomic mass is 10.0. The van der Waals surface area contributed by atoms with E-state index in [0.717, 1.165) is 80.4 Å².